The second kappa shape index (κ2) is 5.87. The lowest BCUT2D eigenvalue weighted by Gasteiger charge is -2.26. The fourth-order valence-corrected chi connectivity index (χ4v) is 1.94. The maximum Gasteiger partial charge on any atom is 0.0594 e. The Morgan fingerprint density at radius 1 is 1.25 bits per heavy atom. The van der Waals surface area contributed by atoms with Crippen molar-refractivity contribution in [2.45, 2.75) is 6.92 Å². The SMILES string of the molecule is Cc1ccccc1NCCN1CCOCC1. The molecule has 1 N–H and O–H groups in total. The molecule has 1 heterocycles. The Kier molecular flexibility index (Phi) is 4.19. The van der Waals surface area contributed by atoms with Crippen LogP contribution in [0.1, 0.15) is 5.56 Å². The van der Waals surface area contributed by atoms with Crippen LogP contribution in [0.2, 0.25) is 0 Å². The van der Waals surface area contributed by atoms with Gasteiger partial charge in [0.05, 0.1) is 13.2 Å². The van der Waals surface area contributed by atoms with E-state index in [0.29, 0.717) is 0 Å². The first-order valence-electron chi connectivity index (χ1n) is 5.96. The molecule has 1 aliphatic rings. The molecule has 0 unspecified atom stereocenters. The van der Waals surface area contributed by atoms with Crippen molar-refractivity contribution in [1.82, 2.24) is 4.90 Å². The number of aryl methyl sites for hydroxylation is 1. The second-order valence-corrected chi connectivity index (χ2v) is 4.20. The van der Waals surface area contributed by atoms with Gasteiger partial charge in [-0.15, -0.1) is 0 Å². The monoisotopic (exact) mass is 220 g/mol. The third-order valence-electron chi connectivity index (χ3n) is 2.99. The first-order valence-corrected chi connectivity index (χ1v) is 5.96. The summed E-state index contributed by atoms with van der Waals surface area (Å²) in [5.41, 5.74) is 2.56. The van der Waals surface area contributed by atoms with Crippen molar-refractivity contribution in [3.05, 3.63) is 29.8 Å². The molecule has 0 aliphatic carbocycles. The number of rotatable bonds is 4. The van der Waals surface area contributed by atoms with Crippen molar-refractivity contribution >= 4 is 5.69 Å². The van der Waals surface area contributed by atoms with Gasteiger partial charge < -0.3 is 10.1 Å². The molecule has 0 radical (unpaired) electrons. The van der Waals surface area contributed by atoms with Gasteiger partial charge in [-0.05, 0) is 18.6 Å². The lowest BCUT2D eigenvalue weighted by Crippen LogP contribution is -2.39. The zero-order valence-electron chi connectivity index (χ0n) is 9.91. The van der Waals surface area contributed by atoms with Crippen molar-refractivity contribution < 1.29 is 4.74 Å². The quantitative estimate of drug-likeness (QED) is 0.836. The maximum absolute atomic E-state index is 5.32. The number of para-hydroxylation sites is 1. The highest BCUT2D eigenvalue weighted by Gasteiger charge is 2.09. The van der Waals surface area contributed by atoms with Gasteiger partial charge in [0.15, 0.2) is 0 Å². The molecule has 3 heteroatoms. The van der Waals surface area contributed by atoms with E-state index in [0.717, 1.165) is 39.4 Å². The number of nitrogens with one attached hydrogen (secondary N) is 1. The van der Waals surface area contributed by atoms with E-state index >= 15 is 0 Å². The van der Waals surface area contributed by atoms with Crippen molar-refractivity contribution in [3.63, 3.8) is 0 Å². The standard InChI is InChI=1S/C13H20N2O/c1-12-4-2-3-5-13(12)14-6-7-15-8-10-16-11-9-15/h2-5,14H,6-11H2,1H3. The lowest BCUT2D eigenvalue weighted by atomic mass is 10.2. The highest BCUT2D eigenvalue weighted by atomic mass is 16.5. The van der Waals surface area contributed by atoms with Crippen LogP contribution in [0.4, 0.5) is 5.69 Å². The molecular formula is C13H20N2O. The molecule has 88 valence electrons. The lowest BCUT2D eigenvalue weighted by molar-refractivity contribution is 0.0398. The van der Waals surface area contributed by atoms with E-state index in [-0.39, 0.29) is 0 Å². The van der Waals surface area contributed by atoms with Gasteiger partial charge in [-0.25, -0.2) is 0 Å². The first-order chi connectivity index (χ1) is 7.86. The van der Waals surface area contributed by atoms with Gasteiger partial charge in [-0.3, -0.25) is 4.90 Å². The molecule has 1 fully saturated rings. The van der Waals surface area contributed by atoms with Crippen molar-refractivity contribution in [1.29, 1.82) is 0 Å². The van der Waals surface area contributed by atoms with Gasteiger partial charge >= 0.3 is 0 Å². The average Bonchev–Trinajstić information content (AvgIpc) is 2.33. The van der Waals surface area contributed by atoms with Gasteiger partial charge in [0.2, 0.25) is 0 Å². The molecule has 0 bridgehead atoms. The third-order valence-corrected chi connectivity index (χ3v) is 2.99. The molecule has 1 aliphatic heterocycles. The number of hydrogen-bond acceptors (Lipinski definition) is 3. The molecular weight excluding hydrogens is 200 g/mol. The topological polar surface area (TPSA) is 24.5 Å². The normalized spacial score (nSPS) is 17.3. The van der Waals surface area contributed by atoms with Crippen molar-refractivity contribution in [3.8, 4) is 0 Å². The molecule has 1 aromatic rings. The summed E-state index contributed by atoms with van der Waals surface area (Å²) in [5.74, 6) is 0. The van der Waals surface area contributed by atoms with Crippen molar-refractivity contribution in [2.24, 2.45) is 0 Å². The van der Waals surface area contributed by atoms with Crippen LogP contribution in [-0.4, -0.2) is 44.3 Å². The Bertz CT molecular complexity index is 321. The number of ether oxygens (including phenoxy) is 1. The second-order valence-electron chi connectivity index (χ2n) is 4.20. The van der Waals surface area contributed by atoms with Crippen molar-refractivity contribution in [2.75, 3.05) is 44.7 Å². The van der Waals surface area contributed by atoms with Gasteiger partial charge in [-0.2, -0.15) is 0 Å². The molecule has 3 nitrogen and oxygen atoms in total. The highest BCUT2D eigenvalue weighted by Crippen LogP contribution is 2.12. The van der Waals surface area contributed by atoms with Crippen LogP contribution in [0.25, 0.3) is 0 Å². The molecule has 0 amide bonds. The molecule has 0 saturated carbocycles. The Morgan fingerprint density at radius 2 is 2.00 bits per heavy atom. The smallest absolute Gasteiger partial charge is 0.0594 e. The van der Waals surface area contributed by atoms with Crippen LogP contribution in [-0.2, 0) is 4.74 Å². The average molecular weight is 220 g/mol. The number of morpholine rings is 1. The summed E-state index contributed by atoms with van der Waals surface area (Å²) in [6.45, 7) is 8.12. The number of anilines is 1. The van der Waals surface area contributed by atoms with E-state index in [2.05, 4.69) is 41.4 Å². The summed E-state index contributed by atoms with van der Waals surface area (Å²) in [6.07, 6.45) is 0. The van der Waals surface area contributed by atoms with E-state index < -0.39 is 0 Å². The minimum absolute atomic E-state index is 0.879. The van der Waals surface area contributed by atoms with Gasteiger partial charge in [-0.1, -0.05) is 18.2 Å². The molecule has 0 atom stereocenters. The fraction of sp³-hybridized carbons (Fsp3) is 0.538. The van der Waals surface area contributed by atoms with Crippen LogP contribution >= 0.6 is 0 Å². The number of benzene rings is 1. The highest BCUT2D eigenvalue weighted by molar-refractivity contribution is 5.50. The number of hydrogen-bond donors (Lipinski definition) is 1. The van der Waals surface area contributed by atoms with Gasteiger partial charge in [0.1, 0.15) is 0 Å². The summed E-state index contributed by atoms with van der Waals surface area (Å²) in [6, 6.07) is 8.41. The Hall–Kier alpha value is -1.06. The molecule has 0 spiro atoms. The van der Waals surface area contributed by atoms with E-state index in [1.807, 2.05) is 0 Å². The summed E-state index contributed by atoms with van der Waals surface area (Å²) in [4.78, 5) is 2.44. The van der Waals surface area contributed by atoms with E-state index in [1.54, 1.807) is 0 Å². The molecule has 2 rings (SSSR count). The predicted octanol–water partition coefficient (Wildman–Crippen LogP) is 1.74. The summed E-state index contributed by atoms with van der Waals surface area (Å²) in [7, 11) is 0. The van der Waals surface area contributed by atoms with Crippen LogP contribution in [0, 0.1) is 6.92 Å². The molecule has 1 saturated heterocycles. The third kappa shape index (κ3) is 3.22. The Balaban J connectivity index is 1.73. The largest absolute Gasteiger partial charge is 0.384 e. The minimum atomic E-state index is 0.879. The number of nitrogens with zero attached hydrogens (tertiary/aromatic N) is 1. The van der Waals surface area contributed by atoms with E-state index in [4.69, 9.17) is 4.74 Å². The zero-order chi connectivity index (χ0) is 11.2. The molecule has 0 aromatic heterocycles. The van der Waals surface area contributed by atoms with Crippen LogP contribution in [0.15, 0.2) is 24.3 Å². The zero-order valence-corrected chi connectivity index (χ0v) is 9.91. The Labute approximate surface area is 97.4 Å². The fourth-order valence-electron chi connectivity index (χ4n) is 1.94. The van der Waals surface area contributed by atoms with Gasteiger partial charge in [0, 0.05) is 31.9 Å². The Morgan fingerprint density at radius 3 is 2.75 bits per heavy atom. The predicted molar refractivity (Wildman–Crippen MR) is 66.9 cm³/mol. The minimum Gasteiger partial charge on any atom is -0.384 e. The van der Waals surface area contributed by atoms with Crippen LogP contribution in [0.3, 0.4) is 0 Å². The summed E-state index contributed by atoms with van der Waals surface area (Å²) in [5, 5.41) is 3.48. The van der Waals surface area contributed by atoms with E-state index in [1.165, 1.54) is 11.3 Å². The molecule has 16 heavy (non-hydrogen) atoms. The maximum atomic E-state index is 5.32. The van der Waals surface area contributed by atoms with Crippen LogP contribution < -0.4 is 5.32 Å². The molecule has 1 aromatic carbocycles. The summed E-state index contributed by atoms with van der Waals surface area (Å²) >= 11 is 0. The summed E-state index contributed by atoms with van der Waals surface area (Å²) < 4.78 is 5.32. The first kappa shape index (κ1) is 11.4. The van der Waals surface area contributed by atoms with Gasteiger partial charge in [0.25, 0.3) is 0 Å². The van der Waals surface area contributed by atoms with E-state index in [9.17, 15) is 0 Å². The van der Waals surface area contributed by atoms with Crippen LogP contribution in [0.5, 0.6) is 0 Å².